The second-order valence-corrected chi connectivity index (χ2v) is 17.0. The van der Waals surface area contributed by atoms with E-state index in [1.807, 2.05) is 59.7 Å². The van der Waals surface area contributed by atoms with Crippen LogP contribution in [0, 0.1) is 6.07 Å². The third-order valence-corrected chi connectivity index (χ3v) is 16.7. The third-order valence-electron chi connectivity index (χ3n) is 7.76. The van der Waals surface area contributed by atoms with E-state index in [4.69, 9.17) is 0 Å². The van der Waals surface area contributed by atoms with Crippen molar-refractivity contribution in [1.82, 2.24) is 0 Å². The van der Waals surface area contributed by atoms with Gasteiger partial charge in [0, 0.05) is 0 Å². The fourth-order valence-corrected chi connectivity index (χ4v) is 12.8. The molecule has 192 valence electrons. The van der Waals surface area contributed by atoms with Gasteiger partial charge in [-0.05, 0) is 6.42 Å². The molecule has 3 aromatic rings. The molecule has 0 heterocycles. The molecule has 0 atom stereocenters. The summed E-state index contributed by atoms with van der Waals surface area (Å²) in [7, 11) is 0. The Hall–Kier alpha value is -0.530. The minimum absolute atomic E-state index is 0. The van der Waals surface area contributed by atoms with Crippen LogP contribution in [-0.4, -0.2) is 5.43 Å². The average Bonchev–Trinajstić information content (AvgIpc) is 3.40. The summed E-state index contributed by atoms with van der Waals surface area (Å²) in [5, 5.41) is 0. The quantitative estimate of drug-likeness (QED) is 0.185. The summed E-state index contributed by atoms with van der Waals surface area (Å²) < 4.78 is 0. The van der Waals surface area contributed by atoms with Crippen LogP contribution < -0.4 is 24.8 Å². The standard InChI is InChI=1S/C14H26Si.C13H9.C5H5.2ClH.Zr/c1-2-6-10-13(9-5-1)15-14-11-7-3-4-8-12-14;1-3-7-12-10(5-1)9-11-6-2-4-8-13(11)12;1-2-4-5-3-1;;;/h13-14H,1-12H2;1-5,7-8H,9H2;1-5H;2*1H;/q;2*-1;;;+2/p-2. The van der Waals surface area contributed by atoms with Crippen molar-refractivity contribution in [2.75, 3.05) is 0 Å². The summed E-state index contributed by atoms with van der Waals surface area (Å²) in [6.45, 7) is 0. The van der Waals surface area contributed by atoms with Crippen molar-refractivity contribution >= 4 is 5.43 Å². The topological polar surface area (TPSA) is 0 Å². The van der Waals surface area contributed by atoms with Crippen molar-refractivity contribution in [3.63, 3.8) is 0 Å². The molecular weight excluding hydrogens is 575 g/mol. The van der Waals surface area contributed by atoms with Crippen LogP contribution in [0.25, 0.3) is 11.1 Å². The molecule has 2 saturated carbocycles. The van der Waals surface area contributed by atoms with E-state index in [0.29, 0.717) is 0 Å². The van der Waals surface area contributed by atoms with Crippen LogP contribution in [0.3, 0.4) is 0 Å². The molecule has 0 amide bonds. The van der Waals surface area contributed by atoms with Crippen LogP contribution in [0.2, 0.25) is 11.1 Å². The first-order chi connectivity index (χ1) is 16.8. The van der Waals surface area contributed by atoms with Gasteiger partial charge in [0.2, 0.25) is 0 Å². The Morgan fingerprint density at radius 2 is 1.19 bits per heavy atom. The Morgan fingerprint density at radius 1 is 0.667 bits per heavy atom. The van der Waals surface area contributed by atoms with Crippen molar-refractivity contribution in [2.45, 2.75) is 94.6 Å². The van der Waals surface area contributed by atoms with Gasteiger partial charge in [-0.2, -0.15) is 48.0 Å². The second-order valence-electron chi connectivity index (χ2n) is 10.2. The smallest absolute Gasteiger partial charge is 0.0253 e. The fraction of sp³-hybridized carbons (Fsp3) is 0.469. The molecule has 6 rings (SSSR count). The van der Waals surface area contributed by atoms with Crippen LogP contribution in [0.4, 0.5) is 0 Å². The maximum atomic E-state index is 3.30. The van der Waals surface area contributed by atoms with E-state index in [2.05, 4.69) is 42.5 Å². The maximum Gasteiger partial charge on any atom is -0.0253 e. The Bertz CT molecular complexity index is 902. The van der Waals surface area contributed by atoms with Gasteiger partial charge in [0.15, 0.2) is 0 Å². The molecule has 0 radical (unpaired) electrons. The van der Waals surface area contributed by atoms with Gasteiger partial charge in [-0.1, -0.05) is 35.4 Å². The minimum Gasteiger partial charge on any atom is -0.214 e. The van der Waals surface area contributed by atoms with E-state index < -0.39 is 0 Å². The van der Waals surface area contributed by atoms with Crippen LogP contribution in [0.1, 0.15) is 88.2 Å². The molecule has 0 bridgehead atoms. The summed E-state index contributed by atoms with van der Waals surface area (Å²) in [4.78, 5) is 0. The first-order valence-corrected chi connectivity index (χ1v) is 19.0. The summed E-state index contributed by atoms with van der Waals surface area (Å²) in [5.74, 6) is 0. The monoisotopic (exact) mass is 612 g/mol. The molecule has 0 saturated heterocycles. The number of hydrogen-bond donors (Lipinski definition) is 0. The average molecular weight is 615 g/mol. The molecule has 0 nitrogen and oxygen atoms in total. The first kappa shape index (κ1) is 31.7. The molecular formula is C32H40Cl2SiZr-2. The van der Waals surface area contributed by atoms with Crippen molar-refractivity contribution in [1.29, 1.82) is 0 Å². The van der Waals surface area contributed by atoms with E-state index in [0.717, 1.165) is 6.42 Å². The summed E-state index contributed by atoms with van der Waals surface area (Å²) in [6.07, 6.45) is 19.8. The van der Waals surface area contributed by atoms with Crippen molar-refractivity contribution in [2.24, 2.45) is 0 Å². The van der Waals surface area contributed by atoms with Crippen molar-refractivity contribution in [3.8, 4) is 11.1 Å². The molecule has 0 spiro atoms. The molecule has 0 N–H and O–H groups in total. The van der Waals surface area contributed by atoms with Gasteiger partial charge in [-0.3, -0.25) is 0 Å². The molecule has 4 heteroatoms. The van der Waals surface area contributed by atoms with Crippen LogP contribution in [-0.2, 0) is 29.8 Å². The van der Waals surface area contributed by atoms with Gasteiger partial charge in [-0.25, -0.2) is 12.1 Å². The Labute approximate surface area is 247 Å². The van der Waals surface area contributed by atoms with E-state index >= 15 is 0 Å². The molecule has 36 heavy (non-hydrogen) atoms. The number of halogens is 2. The van der Waals surface area contributed by atoms with Crippen molar-refractivity contribution < 1.29 is 48.1 Å². The number of hydrogen-bond acceptors (Lipinski definition) is 0. The Balaban J connectivity index is 0.000000205. The van der Waals surface area contributed by atoms with Gasteiger partial charge in [0.1, 0.15) is 0 Å². The Kier molecular flexibility index (Phi) is 15.7. The fourth-order valence-electron chi connectivity index (χ4n) is 5.83. The van der Waals surface area contributed by atoms with Crippen molar-refractivity contribution in [3.05, 3.63) is 90.0 Å². The minimum atomic E-state index is 0. The van der Waals surface area contributed by atoms with E-state index in [-0.39, 0.29) is 30.2 Å². The van der Waals surface area contributed by atoms with Crippen LogP contribution >= 0.6 is 0 Å². The zero-order valence-electron chi connectivity index (χ0n) is 21.5. The van der Waals surface area contributed by atoms with Gasteiger partial charge >= 0.3 is 117 Å². The van der Waals surface area contributed by atoms with E-state index in [9.17, 15) is 0 Å². The molecule has 3 aliphatic rings. The zero-order chi connectivity index (χ0) is 23.4. The SMILES string of the molecule is [Cl-].[Cl-].[Zr+2]=[Si](C1CCCCCC1)C1CCCCCC1.[c-]1cccc2c1Cc1ccccc1-2.c1cc[cH-]c1. The number of fused-ring (bicyclic) bond motifs is 3. The van der Waals surface area contributed by atoms with E-state index in [1.165, 1.54) is 59.0 Å². The van der Waals surface area contributed by atoms with Gasteiger partial charge in [0.25, 0.3) is 0 Å². The third kappa shape index (κ3) is 9.65. The molecule has 3 aliphatic carbocycles. The first-order valence-electron chi connectivity index (χ1n) is 13.7. The molecule has 0 aromatic heterocycles. The second kappa shape index (κ2) is 17.9. The number of rotatable bonds is 2. The largest absolute Gasteiger partial charge is 0.214 e. The Morgan fingerprint density at radius 3 is 1.72 bits per heavy atom. The molecule has 0 aliphatic heterocycles. The molecule has 3 aromatic carbocycles. The maximum absolute atomic E-state index is 3.30. The number of benzene rings is 2. The predicted molar refractivity (Wildman–Crippen MR) is 144 cm³/mol. The van der Waals surface area contributed by atoms with E-state index in [1.54, 1.807) is 51.4 Å². The van der Waals surface area contributed by atoms with Gasteiger partial charge in [0.05, 0.1) is 0 Å². The normalized spacial score (nSPS) is 17.2. The molecule has 0 unspecified atom stereocenters. The summed E-state index contributed by atoms with van der Waals surface area (Å²) in [6, 6.07) is 28.1. The van der Waals surface area contributed by atoms with Gasteiger partial charge < -0.3 is 24.8 Å². The molecule has 2 fully saturated rings. The predicted octanol–water partition coefficient (Wildman–Crippen LogP) is 3.44. The summed E-state index contributed by atoms with van der Waals surface area (Å²) >= 11 is 1.96. The van der Waals surface area contributed by atoms with Crippen LogP contribution in [0.15, 0.2) is 72.8 Å². The van der Waals surface area contributed by atoms with Gasteiger partial charge in [-0.15, -0.1) is 5.56 Å². The van der Waals surface area contributed by atoms with Crippen LogP contribution in [0.5, 0.6) is 0 Å². The summed E-state index contributed by atoms with van der Waals surface area (Å²) in [5.41, 5.74) is 8.00. The zero-order valence-corrected chi connectivity index (χ0v) is 26.5.